The van der Waals surface area contributed by atoms with Gasteiger partial charge in [-0.2, -0.15) is 23.5 Å². The number of carbonyl (C=O) groups is 2. The molecule has 4 rings (SSSR count). The molecule has 2 N–H and O–H groups in total. The summed E-state index contributed by atoms with van der Waals surface area (Å²) in [5.41, 5.74) is 1.11. The van der Waals surface area contributed by atoms with Gasteiger partial charge in [0, 0.05) is 43.0 Å². The van der Waals surface area contributed by atoms with Crippen molar-refractivity contribution in [2.75, 3.05) is 32.2 Å². The van der Waals surface area contributed by atoms with Crippen molar-refractivity contribution in [2.45, 2.75) is 33.0 Å². The van der Waals surface area contributed by atoms with Crippen LogP contribution in [0.3, 0.4) is 0 Å². The highest BCUT2D eigenvalue weighted by Gasteiger charge is 2.38. The molecule has 15 heteroatoms. The van der Waals surface area contributed by atoms with Gasteiger partial charge in [-0.25, -0.2) is 9.97 Å². The van der Waals surface area contributed by atoms with E-state index in [1.165, 1.54) is 36.3 Å². The van der Waals surface area contributed by atoms with Crippen LogP contribution in [-0.4, -0.2) is 63.4 Å². The molecule has 0 saturated heterocycles. The molecule has 0 atom stereocenters. The number of halogens is 3. The molecule has 222 valence electrons. The second kappa shape index (κ2) is 14.6. The number of methoxy groups -OCH3 is 1. The van der Waals surface area contributed by atoms with Gasteiger partial charge in [-0.1, -0.05) is 6.92 Å². The number of ether oxygens (including phenoxy) is 2. The molecule has 4 aromatic rings. The molecule has 3 heterocycles. The van der Waals surface area contributed by atoms with Crippen molar-refractivity contribution >= 4 is 29.5 Å². The Labute approximate surface area is 239 Å². The maximum Gasteiger partial charge on any atom is 0.435 e. The van der Waals surface area contributed by atoms with Gasteiger partial charge in [0.2, 0.25) is 0 Å². The molecule has 0 aliphatic heterocycles. The molecule has 0 fully saturated rings. The van der Waals surface area contributed by atoms with Crippen molar-refractivity contribution in [2.24, 2.45) is 0 Å². The molecule has 0 aliphatic rings. The van der Waals surface area contributed by atoms with E-state index >= 15 is 0 Å². The number of nitrogens with zero attached hydrogens (tertiary/aromatic N) is 6. The van der Waals surface area contributed by atoms with E-state index < -0.39 is 11.9 Å². The number of hydrogen-bond donors (Lipinski definition) is 2. The van der Waals surface area contributed by atoms with Gasteiger partial charge in [0.15, 0.2) is 17.2 Å². The molecule has 12 nitrogen and oxygen atoms in total. The zero-order valence-electron chi connectivity index (χ0n) is 23.1. The maximum absolute atomic E-state index is 13.7. The van der Waals surface area contributed by atoms with E-state index in [1.807, 2.05) is 19.9 Å². The van der Waals surface area contributed by atoms with E-state index in [4.69, 9.17) is 14.8 Å². The van der Waals surface area contributed by atoms with Crippen LogP contribution in [0.4, 0.5) is 24.7 Å². The van der Waals surface area contributed by atoms with Crippen LogP contribution >= 0.6 is 0 Å². The SMILES string of the molecule is CCOCCNC(=O)c1ccc(Nc2nccn3c(-c4cn(CC#N)nc4C(F)(F)F)cnc23)cc1CC.COC=O. The Morgan fingerprint density at radius 3 is 2.64 bits per heavy atom. The lowest BCUT2D eigenvalue weighted by Gasteiger charge is -2.13. The summed E-state index contributed by atoms with van der Waals surface area (Å²) in [6.07, 6.45) is 1.29. The Balaban J connectivity index is 0.00000114. The Bertz CT molecular complexity index is 1560. The molecular weight excluding hydrogens is 557 g/mol. The van der Waals surface area contributed by atoms with Crippen molar-refractivity contribution < 1.29 is 32.2 Å². The number of hydrogen-bond acceptors (Lipinski definition) is 9. The Hall–Kier alpha value is -4.97. The van der Waals surface area contributed by atoms with Crippen molar-refractivity contribution in [3.63, 3.8) is 0 Å². The third-order valence-electron chi connectivity index (χ3n) is 5.79. The summed E-state index contributed by atoms with van der Waals surface area (Å²) in [6.45, 7) is 5.26. The van der Waals surface area contributed by atoms with Gasteiger partial charge in [0.1, 0.15) is 6.54 Å². The first kappa shape index (κ1) is 31.6. The monoisotopic (exact) mass is 586 g/mol. The topological polar surface area (TPSA) is 148 Å². The fourth-order valence-corrected chi connectivity index (χ4v) is 3.98. The number of benzene rings is 1. The van der Waals surface area contributed by atoms with Crippen molar-refractivity contribution in [3.8, 4) is 17.3 Å². The average Bonchev–Trinajstić information content (AvgIpc) is 3.60. The standard InChI is InChI=1S/C25H25F3N8O2.C2H4O2/c1-3-16-13-17(5-6-18(16)24(37)31-9-12-38-4-2)33-22-23-32-14-20(36(23)11-8-30-22)19-15-35(10-7-29)34-21(19)25(26,27)28;1-4-2-3/h5-6,8,11,13-15H,3-4,9-10,12H2,1-2H3,(H,30,33)(H,31,37);2H,1H3. The zero-order valence-corrected chi connectivity index (χ0v) is 23.1. The van der Waals surface area contributed by atoms with Gasteiger partial charge in [0.05, 0.1) is 37.2 Å². The largest absolute Gasteiger partial charge is 0.471 e. The van der Waals surface area contributed by atoms with E-state index in [0.717, 1.165) is 10.2 Å². The number of carbonyl (C=O) groups excluding carboxylic acids is 2. The first-order chi connectivity index (χ1) is 20.2. The van der Waals surface area contributed by atoms with Gasteiger partial charge < -0.3 is 20.1 Å². The van der Waals surface area contributed by atoms with Crippen LogP contribution in [0.5, 0.6) is 0 Å². The quantitative estimate of drug-likeness (QED) is 0.197. The van der Waals surface area contributed by atoms with Crippen LogP contribution in [0.25, 0.3) is 16.9 Å². The number of aromatic nitrogens is 5. The Morgan fingerprint density at radius 2 is 2.00 bits per heavy atom. The summed E-state index contributed by atoms with van der Waals surface area (Å²) >= 11 is 0. The summed E-state index contributed by atoms with van der Waals surface area (Å²) in [4.78, 5) is 30.2. The highest BCUT2D eigenvalue weighted by molar-refractivity contribution is 5.96. The van der Waals surface area contributed by atoms with E-state index in [-0.39, 0.29) is 23.7 Å². The summed E-state index contributed by atoms with van der Waals surface area (Å²) in [5.74, 6) is 0.108. The summed E-state index contributed by atoms with van der Waals surface area (Å²) < 4.78 is 52.6. The van der Waals surface area contributed by atoms with Crippen LogP contribution in [0.1, 0.15) is 35.5 Å². The number of imidazole rings is 1. The van der Waals surface area contributed by atoms with Crippen molar-refractivity contribution in [3.05, 3.63) is 59.8 Å². The van der Waals surface area contributed by atoms with Crippen LogP contribution < -0.4 is 10.6 Å². The molecule has 0 aliphatic carbocycles. The van der Waals surface area contributed by atoms with E-state index in [1.54, 1.807) is 18.2 Å². The van der Waals surface area contributed by atoms with Gasteiger partial charge in [0.25, 0.3) is 12.4 Å². The summed E-state index contributed by atoms with van der Waals surface area (Å²) in [5, 5.41) is 18.4. The van der Waals surface area contributed by atoms with Gasteiger partial charge in [-0.15, -0.1) is 0 Å². The molecule has 3 aromatic heterocycles. The third kappa shape index (κ3) is 7.61. The van der Waals surface area contributed by atoms with Gasteiger partial charge in [-0.3, -0.25) is 18.7 Å². The molecule has 42 heavy (non-hydrogen) atoms. The number of nitriles is 1. The predicted molar refractivity (Wildman–Crippen MR) is 146 cm³/mol. The number of rotatable bonds is 11. The molecule has 0 radical (unpaired) electrons. The van der Waals surface area contributed by atoms with Crippen LogP contribution in [0.15, 0.2) is 43.0 Å². The molecule has 0 bridgehead atoms. The Kier molecular flexibility index (Phi) is 11.0. The second-order valence-corrected chi connectivity index (χ2v) is 8.49. The number of anilines is 2. The fraction of sp³-hybridized carbons (Fsp3) is 0.333. The minimum Gasteiger partial charge on any atom is -0.471 e. The predicted octanol–water partition coefficient (Wildman–Crippen LogP) is 4.00. The van der Waals surface area contributed by atoms with Crippen LogP contribution in [-0.2, 0) is 33.4 Å². The number of aryl methyl sites for hydroxylation is 1. The fourth-order valence-electron chi connectivity index (χ4n) is 3.98. The Morgan fingerprint density at radius 1 is 1.24 bits per heavy atom. The zero-order chi connectivity index (χ0) is 30.7. The first-order valence-electron chi connectivity index (χ1n) is 12.7. The maximum atomic E-state index is 13.7. The third-order valence-corrected chi connectivity index (χ3v) is 5.79. The molecule has 1 aromatic carbocycles. The lowest BCUT2D eigenvalue weighted by Crippen LogP contribution is -2.28. The molecular formula is C27H29F3N8O4. The minimum atomic E-state index is -4.72. The van der Waals surface area contributed by atoms with E-state index in [9.17, 15) is 18.0 Å². The van der Waals surface area contributed by atoms with E-state index in [2.05, 4.69) is 30.4 Å². The average molecular weight is 587 g/mol. The minimum absolute atomic E-state index is 0.148. The summed E-state index contributed by atoms with van der Waals surface area (Å²) in [7, 11) is 1.31. The van der Waals surface area contributed by atoms with Crippen molar-refractivity contribution in [1.82, 2.24) is 29.5 Å². The molecule has 0 spiro atoms. The number of alkyl halides is 3. The molecule has 0 unspecified atom stereocenters. The molecule has 1 amide bonds. The van der Waals surface area contributed by atoms with Gasteiger partial charge in [-0.05, 0) is 37.1 Å². The second-order valence-electron chi connectivity index (χ2n) is 8.49. The number of amides is 1. The first-order valence-corrected chi connectivity index (χ1v) is 12.7. The van der Waals surface area contributed by atoms with Gasteiger partial charge >= 0.3 is 6.18 Å². The van der Waals surface area contributed by atoms with Crippen LogP contribution in [0.2, 0.25) is 0 Å². The van der Waals surface area contributed by atoms with Crippen molar-refractivity contribution in [1.29, 1.82) is 5.26 Å². The normalized spacial score (nSPS) is 10.9. The van der Waals surface area contributed by atoms with E-state index in [0.29, 0.717) is 55.4 Å². The summed E-state index contributed by atoms with van der Waals surface area (Å²) in [6, 6.07) is 7.03. The number of nitrogens with one attached hydrogen (secondary N) is 2. The lowest BCUT2D eigenvalue weighted by atomic mass is 10.0. The molecule has 0 saturated carbocycles. The highest BCUT2D eigenvalue weighted by Crippen LogP contribution is 2.37. The highest BCUT2D eigenvalue weighted by atomic mass is 19.4. The lowest BCUT2D eigenvalue weighted by molar-refractivity contribution is -0.141. The smallest absolute Gasteiger partial charge is 0.435 e. The van der Waals surface area contributed by atoms with Crippen LogP contribution in [0, 0.1) is 11.3 Å². The number of fused-ring (bicyclic) bond motifs is 1.